The van der Waals surface area contributed by atoms with Gasteiger partial charge in [-0.15, -0.1) is 0 Å². The van der Waals surface area contributed by atoms with Crippen LogP contribution in [0.4, 0.5) is 23.7 Å². The number of carbonyl (C=O) groups excluding carboxylic acids is 1. The van der Waals surface area contributed by atoms with Crippen molar-refractivity contribution in [1.29, 1.82) is 0 Å². The van der Waals surface area contributed by atoms with Crippen LogP contribution < -0.4 is 0 Å². The van der Waals surface area contributed by atoms with Crippen molar-refractivity contribution in [3.05, 3.63) is 83.1 Å². The minimum atomic E-state index is -4.44. The first-order chi connectivity index (χ1) is 16.8. The Labute approximate surface area is 210 Å². The summed E-state index contributed by atoms with van der Waals surface area (Å²) in [5.74, 6) is 0.411. The molecule has 0 spiro atoms. The van der Waals surface area contributed by atoms with Crippen molar-refractivity contribution < 1.29 is 22.7 Å². The molecule has 1 heterocycles. The van der Waals surface area contributed by atoms with E-state index in [9.17, 15) is 18.0 Å². The Morgan fingerprint density at radius 1 is 1.00 bits per heavy atom. The Balaban J connectivity index is 1.95. The number of nitrogens with zero attached hydrogens (tertiary/aromatic N) is 2. The lowest BCUT2D eigenvalue weighted by atomic mass is 10.0. The van der Waals surface area contributed by atoms with Crippen LogP contribution in [-0.4, -0.2) is 37.0 Å². The molecule has 1 aliphatic heterocycles. The van der Waals surface area contributed by atoms with Gasteiger partial charge < -0.3 is 4.74 Å². The van der Waals surface area contributed by atoms with Crippen LogP contribution in [0.3, 0.4) is 0 Å². The number of hydrogen-bond donors (Lipinski definition) is 0. The molecule has 0 radical (unpaired) electrons. The summed E-state index contributed by atoms with van der Waals surface area (Å²) in [6, 6.07) is 18.8. The molecular formula is C28H29F3N2O2Si. The van der Waals surface area contributed by atoms with E-state index in [1.165, 1.54) is 12.1 Å². The van der Waals surface area contributed by atoms with Crippen molar-refractivity contribution in [2.24, 2.45) is 4.99 Å². The molecule has 4 rings (SSSR count). The average molecular weight is 511 g/mol. The van der Waals surface area contributed by atoms with Gasteiger partial charge in [0.15, 0.2) is 0 Å². The van der Waals surface area contributed by atoms with E-state index in [1.807, 2.05) is 56.3 Å². The van der Waals surface area contributed by atoms with Crippen molar-refractivity contribution in [2.75, 3.05) is 6.61 Å². The molecule has 36 heavy (non-hydrogen) atoms. The third-order valence-corrected chi connectivity index (χ3v) is 8.13. The molecule has 3 aromatic rings. The summed E-state index contributed by atoms with van der Waals surface area (Å²) in [6.45, 7) is 10.4. The second kappa shape index (κ2) is 9.24. The van der Waals surface area contributed by atoms with Gasteiger partial charge in [-0.05, 0) is 59.6 Å². The third kappa shape index (κ3) is 5.23. The molecule has 4 nitrogen and oxygen atoms in total. The Morgan fingerprint density at radius 3 is 2.22 bits per heavy atom. The van der Waals surface area contributed by atoms with Crippen molar-refractivity contribution in [1.82, 2.24) is 4.90 Å². The van der Waals surface area contributed by atoms with Gasteiger partial charge in [0.1, 0.15) is 12.4 Å². The fraction of sp³-hybridized carbons (Fsp3) is 0.286. The van der Waals surface area contributed by atoms with Gasteiger partial charge in [-0.25, -0.2) is 9.79 Å². The standard InChI is InChI=1S/C28H29F3N2O2Si/c1-27(2)18-35-26(34)33(27)25(32-22-15-13-21(14-16-22)28(29,30)31)24(36(3,4)5)17-20-11-8-10-19-9-6-7-12-23(19)20/h6-17H,18H2,1-5H3/b24-17+,32-25?. The highest BCUT2D eigenvalue weighted by atomic mass is 28.3. The van der Waals surface area contributed by atoms with Gasteiger partial charge in [0.2, 0.25) is 0 Å². The average Bonchev–Trinajstić information content (AvgIpc) is 3.07. The minimum absolute atomic E-state index is 0.186. The van der Waals surface area contributed by atoms with Crippen LogP contribution in [0.1, 0.15) is 25.0 Å². The summed E-state index contributed by atoms with van der Waals surface area (Å²) in [5, 5.41) is 3.04. The van der Waals surface area contributed by atoms with Gasteiger partial charge in [0, 0.05) is 0 Å². The third-order valence-electron chi connectivity index (χ3n) is 6.15. The first-order valence-electron chi connectivity index (χ1n) is 11.7. The molecule has 1 fully saturated rings. The predicted molar refractivity (Wildman–Crippen MR) is 141 cm³/mol. The van der Waals surface area contributed by atoms with E-state index in [0.29, 0.717) is 11.5 Å². The van der Waals surface area contributed by atoms with Crippen LogP contribution in [0.2, 0.25) is 19.6 Å². The lowest BCUT2D eigenvalue weighted by Crippen LogP contribution is -2.49. The van der Waals surface area contributed by atoms with Crippen LogP contribution in [0.5, 0.6) is 0 Å². The maximum atomic E-state index is 13.1. The Morgan fingerprint density at radius 2 is 1.64 bits per heavy atom. The number of cyclic esters (lactones) is 1. The number of alkyl halides is 3. The Hall–Kier alpha value is -3.39. The van der Waals surface area contributed by atoms with E-state index >= 15 is 0 Å². The van der Waals surface area contributed by atoms with Gasteiger partial charge in [-0.3, -0.25) is 4.90 Å². The summed E-state index contributed by atoms with van der Waals surface area (Å²) in [5.41, 5.74) is -0.119. The van der Waals surface area contributed by atoms with E-state index < -0.39 is 31.4 Å². The molecule has 1 amide bonds. The number of amidine groups is 1. The number of halogens is 3. The smallest absolute Gasteiger partial charge is 0.416 e. The highest BCUT2D eigenvalue weighted by Gasteiger charge is 2.45. The molecule has 0 aliphatic carbocycles. The summed E-state index contributed by atoms with van der Waals surface area (Å²) >= 11 is 0. The molecule has 1 saturated heterocycles. The second-order valence-corrected chi connectivity index (χ2v) is 15.6. The number of rotatable bonds is 4. The van der Waals surface area contributed by atoms with Gasteiger partial charge in [-0.2, -0.15) is 13.2 Å². The van der Waals surface area contributed by atoms with Crippen LogP contribution in [-0.2, 0) is 10.9 Å². The fourth-order valence-electron chi connectivity index (χ4n) is 4.21. The highest BCUT2D eigenvalue weighted by molar-refractivity contribution is 6.88. The zero-order valence-electron chi connectivity index (χ0n) is 21.0. The molecule has 188 valence electrons. The first kappa shape index (κ1) is 25.7. The van der Waals surface area contributed by atoms with E-state index in [4.69, 9.17) is 9.73 Å². The van der Waals surface area contributed by atoms with Gasteiger partial charge in [0.05, 0.1) is 24.9 Å². The monoisotopic (exact) mass is 510 g/mol. The number of ether oxygens (including phenoxy) is 1. The SMILES string of the molecule is CC1(C)COC(=O)N1C(=Nc1ccc(C(F)(F)F)cc1)/C(=C\c1cccc2ccccc12)[Si](C)(C)C. The van der Waals surface area contributed by atoms with E-state index in [0.717, 1.165) is 33.7 Å². The maximum absolute atomic E-state index is 13.1. The molecule has 0 unspecified atom stereocenters. The van der Waals surface area contributed by atoms with Gasteiger partial charge in [0.25, 0.3) is 0 Å². The lowest BCUT2D eigenvalue weighted by Gasteiger charge is -2.34. The van der Waals surface area contributed by atoms with Crippen LogP contribution in [0.25, 0.3) is 16.8 Å². The summed E-state index contributed by atoms with van der Waals surface area (Å²) in [6.07, 6.45) is -2.89. The van der Waals surface area contributed by atoms with E-state index in [2.05, 4.69) is 25.7 Å². The molecule has 3 aromatic carbocycles. The van der Waals surface area contributed by atoms with Crippen molar-refractivity contribution >= 4 is 42.5 Å². The molecule has 0 atom stereocenters. The molecule has 0 saturated carbocycles. The Kier molecular flexibility index (Phi) is 6.59. The molecule has 1 aliphatic rings. The zero-order valence-corrected chi connectivity index (χ0v) is 22.0. The number of benzene rings is 3. The molecule has 0 bridgehead atoms. The molecule has 8 heteroatoms. The highest BCUT2D eigenvalue weighted by Crippen LogP contribution is 2.34. The summed E-state index contributed by atoms with van der Waals surface area (Å²) in [7, 11) is -2.17. The lowest BCUT2D eigenvalue weighted by molar-refractivity contribution is -0.137. The minimum Gasteiger partial charge on any atom is -0.447 e. The Bertz CT molecular complexity index is 1350. The van der Waals surface area contributed by atoms with E-state index in [-0.39, 0.29) is 6.61 Å². The zero-order chi connectivity index (χ0) is 26.3. The number of aliphatic imine (C=N–C) groups is 1. The predicted octanol–water partition coefficient (Wildman–Crippen LogP) is 8.08. The van der Waals surface area contributed by atoms with Crippen LogP contribution >= 0.6 is 0 Å². The van der Waals surface area contributed by atoms with Crippen molar-refractivity contribution in [2.45, 2.75) is 45.2 Å². The number of amides is 1. The van der Waals surface area contributed by atoms with Crippen molar-refractivity contribution in [3.8, 4) is 0 Å². The normalized spacial score (nSPS) is 17.0. The summed E-state index contributed by atoms with van der Waals surface area (Å²) in [4.78, 5) is 19.3. The largest absolute Gasteiger partial charge is 0.447 e. The molecule has 0 aromatic heterocycles. The van der Waals surface area contributed by atoms with Crippen molar-refractivity contribution in [3.63, 3.8) is 0 Å². The van der Waals surface area contributed by atoms with Gasteiger partial charge >= 0.3 is 12.3 Å². The molecular weight excluding hydrogens is 481 g/mol. The number of fused-ring (bicyclic) bond motifs is 1. The quantitative estimate of drug-likeness (QED) is 0.202. The topological polar surface area (TPSA) is 41.9 Å². The first-order valence-corrected chi connectivity index (χ1v) is 15.2. The van der Waals surface area contributed by atoms with Crippen LogP contribution in [0, 0.1) is 0 Å². The second-order valence-electron chi connectivity index (χ2n) is 10.6. The number of hydrogen-bond acceptors (Lipinski definition) is 3. The van der Waals surface area contributed by atoms with Gasteiger partial charge in [-0.1, -0.05) is 68.2 Å². The summed E-state index contributed by atoms with van der Waals surface area (Å²) < 4.78 is 44.8. The molecule has 0 N–H and O–H groups in total. The number of carbonyl (C=O) groups is 1. The van der Waals surface area contributed by atoms with Crippen LogP contribution in [0.15, 0.2) is 76.9 Å². The fourth-order valence-corrected chi connectivity index (χ4v) is 5.64. The maximum Gasteiger partial charge on any atom is 0.416 e. The van der Waals surface area contributed by atoms with E-state index in [1.54, 1.807) is 4.90 Å².